The number of likely N-dealkylation sites (tertiary alicyclic amines) is 1. The van der Waals surface area contributed by atoms with Crippen molar-refractivity contribution in [2.24, 2.45) is 17.8 Å². The van der Waals surface area contributed by atoms with Crippen LogP contribution in [0.3, 0.4) is 0 Å². The van der Waals surface area contributed by atoms with Crippen molar-refractivity contribution in [3.05, 3.63) is 51.2 Å². The first-order valence-electron chi connectivity index (χ1n) is 18.0. The van der Waals surface area contributed by atoms with Crippen LogP contribution >= 0.6 is 11.3 Å². The molecular formula is C37H50F3N5O7S. The maximum atomic E-state index is 14.5. The van der Waals surface area contributed by atoms with Crippen LogP contribution in [-0.2, 0) is 30.3 Å². The summed E-state index contributed by atoms with van der Waals surface area (Å²) < 4.78 is 48.3. The Labute approximate surface area is 311 Å². The number of piperidine rings is 1. The van der Waals surface area contributed by atoms with Gasteiger partial charge in [0.25, 0.3) is 5.91 Å². The number of nitrogens with one attached hydrogen (secondary N) is 2. The second-order valence-corrected chi connectivity index (χ2v) is 15.6. The summed E-state index contributed by atoms with van der Waals surface area (Å²) in [6, 6.07) is -1.51. The number of hydrogen-bond acceptors (Lipinski definition) is 9. The number of thiazole rings is 1. The molecule has 1 aromatic heterocycles. The lowest BCUT2D eigenvalue weighted by molar-refractivity contribution is -0.149. The number of amides is 3. The lowest BCUT2D eigenvalue weighted by Crippen LogP contribution is -2.56. The van der Waals surface area contributed by atoms with E-state index in [9.17, 15) is 42.3 Å². The summed E-state index contributed by atoms with van der Waals surface area (Å²) in [7, 11) is 3.58. The molecule has 0 bridgehead atoms. The molecule has 1 saturated heterocycles. The Morgan fingerprint density at radius 3 is 2.26 bits per heavy atom. The van der Waals surface area contributed by atoms with Crippen molar-refractivity contribution >= 4 is 41.0 Å². The third-order valence-corrected chi connectivity index (χ3v) is 11.0. The minimum atomic E-state index is -1.18. The molecule has 6 atom stereocenters. The summed E-state index contributed by atoms with van der Waals surface area (Å²) in [5.74, 6) is -7.51. The lowest BCUT2D eigenvalue weighted by Gasteiger charge is -2.37. The Bertz CT molecular complexity index is 1630. The smallest absolute Gasteiger partial charge is 0.306 e. The number of esters is 1. The molecular weight excluding hydrogens is 715 g/mol. The van der Waals surface area contributed by atoms with E-state index in [1.54, 1.807) is 11.9 Å². The quantitative estimate of drug-likeness (QED) is 0.191. The van der Waals surface area contributed by atoms with Gasteiger partial charge in [-0.2, -0.15) is 0 Å². The van der Waals surface area contributed by atoms with Gasteiger partial charge in [-0.1, -0.05) is 27.2 Å². The number of ether oxygens (including phenoxy) is 1. The molecule has 16 heteroatoms. The Kier molecular flexibility index (Phi) is 14.4. The minimum Gasteiger partial charge on any atom is -0.481 e. The molecule has 3 amide bonds. The van der Waals surface area contributed by atoms with E-state index in [0.29, 0.717) is 12.1 Å². The van der Waals surface area contributed by atoms with Gasteiger partial charge in [-0.3, -0.25) is 28.9 Å². The van der Waals surface area contributed by atoms with Gasteiger partial charge in [0.15, 0.2) is 6.10 Å². The molecule has 292 valence electrons. The minimum absolute atomic E-state index is 0.0262. The summed E-state index contributed by atoms with van der Waals surface area (Å²) in [6.07, 6.45) is 2.85. The van der Waals surface area contributed by atoms with Crippen molar-refractivity contribution < 1.29 is 47.0 Å². The predicted molar refractivity (Wildman–Crippen MR) is 190 cm³/mol. The number of carbonyl (C=O) groups is 5. The highest BCUT2D eigenvalue weighted by molar-refractivity contribution is 7.09. The van der Waals surface area contributed by atoms with Gasteiger partial charge in [0.1, 0.15) is 34.2 Å². The number of benzene rings is 1. The number of carboxylic acid groups (broad SMARTS) is 1. The first-order chi connectivity index (χ1) is 25.0. The lowest BCUT2D eigenvalue weighted by atomic mass is 9.95. The molecule has 0 radical (unpaired) electrons. The highest BCUT2D eigenvalue weighted by atomic mass is 32.1. The summed E-state index contributed by atoms with van der Waals surface area (Å²) in [4.78, 5) is 72.7. The van der Waals surface area contributed by atoms with Crippen LogP contribution in [0.5, 0.6) is 0 Å². The first-order valence-corrected chi connectivity index (χ1v) is 18.9. The Morgan fingerprint density at radius 1 is 1.04 bits per heavy atom. The maximum Gasteiger partial charge on any atom is 0.306 e. The van der Waals surface area contributed by atoms with Crippen molar-refractivity contribution in [1.29, 1.82) is 0 Å². The second kappa shape index (κ2) is 18.3. The molecule has 0 unspecified atom stereocenters. The van der Waals surface area contributed by atoms with E-state index in [1.807, 2.05) is 25.8 Å². The fourth-order valence-corrected chi connectivity index (χ4v) is 7.72. The second-order valence-electron chi connectivity index (χ2n) is 14.7. The molecule has 3 N–H and O–H groups in total. The average Bonchev–Trinajstić information content (AvgIpc) is 3.80. The average molecular weight is 766 g/mol. The Morgan fingerprint density at radius 2 is 1.70 bits per heavy atom. The van der Waals surface area contributed by atoms with E-state index in [-0.39, 0.29) is 53.2 Å². The van der Waals surface area contributed by atoms with Gasteiger partial charge < -0.3 is 25.4 Å². The van der Waals surface area contributed by atoms with Crippen molar-refractivity contribution in [2.75, 3.05) is 20.6 Å². The van der Waals surface area contributed by atoms with Crippen molar-refractivity contribution in [3.8, 4) is 0 Å². The standard InChI is InChI=1S/C37H50F3N5O7S/c1-19(2)30(45(6)36(49)32(22-10-11-22)43-34(48)29-9-7-8-12-44(29)5)17-31(52-21(4)46)35-42-28(18-53-35)33(47)41-24(13-20(3)37(50)51)16-25-26(39)14-23(38)15-27(25)40/h14-15,18-20,22,24,29-32H,7-13,16-17H2,1-6H3,(H,41,47)(H,43,48)(H,50,51)/t20-,24+,29+,30+,31+,32-/m0/s1. The molecule has 1 aliphatic carbocycles. The first kappa shape index (κ1) is 41.7. The van der Waals surface area contributed by atoms with Gasteiger partial charge in [-0.15, -0.1) is 11.3 Å². The highest BCUT2D eigenvalue weighted by Crippen LogP contribution is 2.36. The Balaban J connectivity index is 1.51. The van der Waals surface area contributed by atoms with Crippen LogP contribution in [0.1, 0.15) is 99.8 Å². The van der Waals surface area contributed by atoms with E-state index in [1.165, 1.54) is 19.2 Å². The topological polar surface area (TPSA) is 158 Å². The number of nitrogens with zero attached hydrogens (tertiary/aromatic N) is 3. The van der Waals surface area contributed by atoms with Gasteiger partial charge in [-0.25, -0.2) is 18.2 Å². The highest BCUT2D eigenvalue weighted by Gasteiger charge is 2.42. The number of aromatic nitrogens is 1. The van der Waals surface area contributed by atoms with Gasteiger partial charge in [-0.05, 0) is 64.0 Å². The fraction of sp³-hybridized carbons (Fsp3) is 0.622. The summed E-state index contributed by atoms with van der Waals surface area (Å²) in [6.45, 7) is 7.27. The third-order valence-electron chi connectivity index (χ3n) is 10.1. The number of likely N-dealkylation sites (N-methyl/N-ethyl adjacent to an activating group) is 2. The SMILES string of the molecule is CC(=O)O[C@H](C[C@H](C(C)C)N(C)C(=O)[C@@H](NC(=O)[C@H]1CCCCN1C)C1CC1)c1nc(C(=O)N[C@@H](Cc2c(F)cc(F)cc2F)C[C@H](C)C(=O)O)cs1. The van der Waals surface area contributed by atoms with Gasteiger partial charge in [0.05, 0.1) is 12.0 Å². The summed E-state index contributed by atoms with van der Waals surface area (Å²) in [5, 5.41) is 16.8. The largest absolute Gasteiger partial charge is 0.481 e. The molecule has 2 aliphatic rings. The van der Waals surface area contributed by atoms with E-state index < -0.39 is 77.4 Å². The molecule has 1 aliphatic heterocycles. The van der Waals surface area contributed by atoms with Crippen molar-refractivity contribution in [3.63, 3.8) is 0 Å². The van der Waals surface area contributed by atoms with Crippen molar-refractivity contribution in [2.45, 2.75) is 109 Å². The molecule has 0 spiro atoms. The number of rotatable bonds is 17. The monoisotopic (exact) mass is 765 g/mol. The number of aliphatic carboxylic acids is 1. The van der Waals surface area contributed by atoms with Crippen LogP contribution in [0.15, 0.2) is 17.5 Å². The summed E-state index contributed by atoms with van der Waals surface area (Å²) in [5.41, 5.74) is -0.615. The third kappa shape index (κ3) is 11.2. The number of carboxylic acids is 1. The van der Waals surface area contributed by atoms with Crippen LogP contribution in [0, 0.1) is 35.2 Å². The molecule has 2 heterocycles. The van der Waals surface area contributed by atoms with E-state index in [4.69, 9.17) is 4.74 Å². The molecule has 53 heavy (non-hydrogen) atoms. The molecule has 2 fully saturated rings. The van der Waals surface area contributed by atoms with E-state index in [0.717, 1.165) is 50.0 Å². The summed E-state index contributed by atoms with van der Waals surface area (Å²) >= 11 is 1.03. The van der Waals surface area contributed by atoms with Crippen molar-refractivity contribution in [1.82, 2.24) is 25.4 Å². The van der Waals surface area contributed by atoms with Crippen LogP contribution in [0.4, 0.5) is 13.2 Å². The van der Waals surface area contributed by atoms with Gasteiger partial charge >= 0.3 is 11.9 Å². The Hall–Kier alpha value is -4.05. The van der Waals surface area contributed by atoms with Crippen LogP contribution < -0.4 is 10.6 Å². The van der Waals surface area contributed by atoms with E-state index in [2.05, 4.69) is 15.6 Å². The van der Waals surface area contributed by atoms with E-state index >= 15 is 0 Å². The number of halogens is 3. The van der Waals surface area contributed by atoms with Gasteiger partial charge in [0, 0.05) is 55.6 Å². The van der Waals surface area contributed by atoms with Gasteiger partial charge in [0.2, 0.25) is 11.8 Å². The molecule has 1 aromatic carbocycles. The molecule has 2 aromatic rings. The molecule has 1 saturated carbocycles. The zero-order chi connectivity index (χ0) is 39.1. The number of hydrogen-bond donors (Lipinski definition) is 3. The molecule has 12 nitrogen and oxygen atoms in total. The van der Waals surface area contributed by atoms with Crippen LogP contribution in [-0.4, -0.2) is 94.4 Å². The van der Waals surface area contributed by atoms with Crippen LogP contribution in [0.25, 0.3) is 0 Å². The molecule has 4 rings (SSSR count). The van der Waals surface area contributed by atoms with Crippen LogP contribution in [0.2, 0.25) is 0 Å². The zero-order valence-electron chi connectivity index (χ0n) is 31.0. The number of carbonyl (C=O) groups excluding carboxylic acids is 4. The normalized spacial score (nSPS) is 19.1. The maximum absolute atomic E-state index is 14.5. The zero-order valence-corrected chi connectivity index (χ0v) is 31.8. The predicted octanol–water partition coefficient (Wildman–Crippen LogP) is 4.87. The fourth-order valence-electron chi connectivity index (χ4n) is 6.88.